The summed E-state index contributed by atoms with van der Waals surface area (Å²) in [4.78, 5) is 0. The Kier molecular flexibility index (Phi) is 5.41. The molecule has 1 aliphatic heterocycles. The fourth-order valence-electron chi connectivity index (χ4n) is 3.62. The number of fused-ring (bicyclic) bond motifs is 1. The summed E-state index contributed by atoms with van der Waals surface area (Å²) in [6.07, 6.45) is 0. The van der Waals surface area contributed by atoms with Gasteiger partial charge in [0.1, 0.15) is 35.5 Å². The van der Waals surface area contributed by atoms with Crippen molar-refractivity contribution >= 4 is 0 Å². The number of rotatable bonds is 6. The number of ether oxygens (including phenoxy) is 4. The van der Waals surface area contributed by atoms with Gasteiger partial charge in [-0.2, -0.15) is 5.26 Å². The maximum absolute atomic E-state index is 9.72. The first kappa shape index (κ1) is 20.2. The van der Waals surface area contributed by atoms with Crippen molar-refractivity contribution in [3.05, 3.63) is 76.3 Å². The van der Waals surface area contributed by atoms with E-state index in [0.717, 1.165) is 33.9 Å². The Morgan fingerprint density at radius 3 is 2.55 bits per heavy atom. The van der Waals surface area contributed by atoms with Crippen LogP contribution in [0, 0.1) is 18.3 Å². The van der Waals surface area contributed by atoms with Crippen LogP contribution in [0.5, 0.6) is 23.1 Å². The molecule has 3 N–H and O–H groups in total. The summed E-state index contributed by atoms with van der Waals surface area (Å²) in [5.74, 6) is 2.16. The molecule has 2 heterocycles. The van der Waals surface area contributed by atoms with E-state index in [4.69, 9.17) is 24.7 Å². The predicted octanol–water partition coefficient (Wildman–Crippen LogP) is 3.53. The van der Waals surface area contributed by atoms with Gasteiger partial charge in [-0.3, -0.25) is 5.10 Å². The van der Waals surface area contributed by atoms with Crippen molar-refractivity contribution in [2.75, 3.05) is 14.2 Å². The maximum atomic E-state index is 9.72. The van der Waals surface area contributed by atoms with Gasteiger partial charge in [0.2, 0.25) is 11.8 Å². The molecular weight excluding hydrogens is 396 g/mol. The number of methoxy groups -OCH3 is 2. The molecule has 0 spiro atoms. The van der Waals surface area contributed by atoms with Gasteiger partial charge < -0.3 is 24.7 Å². The number of nitrogens with zero attached hydrogens (tertiary/aromatic N) is 2. The van der Waals surface area contributed by atoms with E-state index in [2.05, 4.69) is 16.3 Å². The Morgan fingerprint density at radius 2 is 1.87 bits per heavy atom. The van der Waals surface area contributed by atoms with E-state index in [1.807, 2.05) is 49.4 Å². The lowest BCUT2D eigenvalue weighted by molar-refractivity contribution is 0.296. The first-order valence-corrected chi connectivity index (χ1v) is 9.61. The molecular formula is C23H22N4O4. The highest BCUT2D eigenvalue weighted by atomic mass is 16.5. The molecule has 8 nitrogen and oxygen atoms in total. The van der Waals surface area contributed by atoms with Gasteiger partial charge in [0.05, 0.1) is 20.1 Å². The van der Waals surface area contributed by atoms with Gasteiger partial charge in [0.25, 0.3) is 0 Å². The Bertz CT molecular complexity index is 1180. The van der Waals surface area contributed by atoms with Crippen LogP contribution in [0.25, 0.3) is 0 Å². The quantitative estimate of drug-likeness (QED) is 0.629. The number of nitriles is 1. The summed E-state index contributed by atoms with van der Waals surface area (Å²) in [5, 5.41) is 16.8. The highest BCUT2D eigenvalue weighted by molar-refractivity contribution is 5.56. The first-order chi connectivity index (χ1) is 15.0. The van der Waals surface area contributed by atoms with Crippen LogP contribution >= 0.6 is 0 Å². The fourth-order valence-corrected chi connectivity index (χ4v) is 3.62. The number of aromatic nitrogens is 2. The molecule has 158 valence electrons. The van der Waals surface area contributed by atoms with Crippen LogP contribution in [0.3, 0.4) is 0 Å². The second kappa shape index (κ2) is 8.32. The average Bonchev–Trinajstić information content (AvgIpc) is 3.16. The summed E-state index contributed by atoms with van der Waals surface area (Å²) in [7, 11) is 3.22. The topological polar surface area (TPSA) is 115 Å². The number of benzene rings is 2. The predicted molar refractivity (Wildman–Crippen MR) is 113 cm³/mol. The van der Waals surface area contributed by atoms with E-state index >= 15 is 0 Å². The Hall–Kier alpha value is -4.12. The van der Waals surface area contributed by atoms with E-state index in [1.165, 1.54) is 0 Å². The summed E-state index contributed by atoms with van der Waals surface area (Å²) in [6, 6.07) is 15.3. The smallest absolute Gasteiger partial charge is 0.244 e. The number of H-pyrrole nitrogens is 1. The monoisotopic (exact) mass is 418 g/mol. The van der Waals surface area contributed by atoms with Gasteiger partial charge in [-0.25, -0.2) is 0 Å². The number of nitrogens with two attached hydrogens (primary N) is 1. The molecule has 1 unspecified atom stereocenters. The van der Waals surface area contributed by atoms with Gasteiger partial charge >= 0.3 is 0 Å². The number of aromatic amines is 1. The number of allylic oxidation sites excluding steroid dienone is 1. The standard InChI is InChI=1S/C23H22N4O4/c1-13-20-21(18(11-24)22(25)31-23(20)27-26-13)14-4-5-15(19(10-14)29-3)12-30-17-8-6-16(28-2)7-9-17/h4-10,21H,12,25H2,1-3H3,(H,26,27). The van der Waals surface area contributed by atoms with Crippen LogP contribution in [0.15, 0.2) is 53.9 Å². The van der Waals surface area contributed by atoms with Crippen LogP contribution in [-0.4, -0.2) is 24.4 Å². The molecule has 0 bridgehead atoms. The highest BCUT2D eigenvalue weighted by Gasteiger charge is 2.34. The second-order valence-corrected chi connectivity index (χ2v) is 7.03. The highest BCUT2D eigenvalue weighted by Crippen LogP contribution is 2.43. The Balaban J connectivity index is 1.64. The van der Waals surface area contributed by atoms with Crippen molar-refractivity contribution < 1.29 is 18.9 Å². The normalized spacial score (nSPS) is 15.0. The van der Waals surface area contributed by atoms with E-state index in [9.17, 15) is 5.26 Å². The lowest BCUT2D eigenvalue weighted by Crippen LogP contribution is -2.21. The minimum Gasteiger partial charge on any atom is -0.497 e. The number of hydrogen-bond donors (Lipinski definition) is 2. The third-order valence-electron chi connectivity index (χ3n) is 5.23. The second-order valence-electron chi connectivity index (χ2n) is 7.03. The van der Waals surface area contributed by atoms with Gasteiger partial charge in [0.15, 0.2) is 0 Å². The van der Waals surface area contributed by atoms with Gasteiger partial charge in [-0.1, -0.05) is 12.1 Å². The van der Waals surface area contributed by atoms with E-state index in [0.29, 0.717) is 23.8 Å². The number of nitrogens with one attached hydrogen (secondary N) is 1. The molecule has 4 rings (SSSR count). The lowest BCUT2D eigenvalue weighted by atomic mass is 9.84. The summed E-state index contributed by atoms with van der Waals surface area (Å²) in [5.41, 5.74) is 9.64. The summed E-state index contributed by atoms with van der Waals surface area (Å²) >= 11 is 0. The number of hydrogen-bond acceptors (Lipinski definition) is 7. The molecule has 0 saturated heterocycles. The molecule has 8 heteroatoms. The van der Waals surface area contributed by atoms with Crippen molar-refractivity contribution in [1.82, 2.24) is 10.2 Å². The molecule has 1 aromatic heterocycles. The van der Waals surface area contributed by atoms with Crippen LogP contribution in [0.4, 0.5) is 0 Å². The molecule has 0 saturated carbocycles. The summed E-state index contributed by atoms with van der Waals surface area (Å²) in [6.45, 7) is 2.20. The third-order valence-corrected chi connectivity index (χ3v) is 5.23. The molecule has 3 aromatic rings. The molecule has 2 aromatic carbocycles. The minimum absolute atomic E-state index is 0.0531. The van der Waals surface area contributed by atoms with Crippen LogP contribution in [0.1, 0.15) is 28.3 Å². The van der Waals surface area contributed by atoms with Gasteiger partial charge in [-0.05, 0) is 42.8 Å². The van der Waals surface area contributed by atoms with Gasteiger partial charge in [-0.15, -0.1) is 5.10 Å². The van der Waals surface area contributed by atoms with Gasteiger partial charge in [0, 0.05) is 16.8 Å². The minimum atomic E-state index is -0.405. The fraction of sp³-hybridized carbons (Fsp3) is 0.217. The van der Waals surface area contributed by atoms with Crippen LogP contribution in [0.2, 0.25) is 0 Å². The van der Waals surface area contributed by atoms with E-state index < -0.39 is 5.92 Å². The maximum Gasteiger partial charge on any atom is 0.244 e. The van der Waals surface area contributed by atoms with Crippen LogP contribution < -0.4 is 24.7 Å². The van der Waals surface area contributed by atoms with Crippen molar-refractivity contribution in [3.8, 4) is 29.2 Å². The number of aryl methyl sites for hydroxylation is 1. The first-order valence-electron chi connectivity index (χ1n) is 9.61. The molecule has 1 atom stereocenters. The van der Waals surface area contributed by atoms with E-state index in [-0.39, 0.29) is 5.88 Å². The van der Waals surface area contributed by atoms with Crippen molar-refractivity contribution in [1.29, 1.82) is 5.26 Å². The van der Waals surface area contributed by atoms with Crippen molar-refractivity contribution in [2.24, 2.45) is 5.73 Å². The molecule has 1 aliphatic rings. The zero-order chi connectivity index (χ0) is 22.0. The zero-order valence-electron chi connectivity index (χ0n) is 17.4. The third kappa shape index (κ3) is 3.73. The zero-order valence-corrected chi connectivity index (χ0v) is 17.4. The largest absolute Gasteiger partial charge is 0.497 e. The van der Waals surface area contributed by atoms with Crippen LogP contribution in [-0.2, 0) is 6.61 Å². The lowest BCUT2D eigenvalue weighted by Gasteiger charge is -2.24. The van der Waals surface area contributed by atoms with E-state index in [1.54, 1.807) is 14.2 Å². The molecule has 0 radical (unpaired) electrons. The average molecular weight is 418 g/mol. The Morgan fingerprint density at radius 1 is 1.13 bits per heavy atom. The molecule has 31 heavy (non-hydrogen) atoms. The molecule has 0 aliphatic carbocycles. The molecule has 0 fully saturated rings. The van der Waals surface area contributed by atoms with Crippen molar-refractivity contribution in [3.63, 3.8) is 0 Å². The molecule has 0 amide bonds. The van der Waals surface area contributed by atoms with Crippen molar-refractivity contribution in [2.45, 2.75) is 19.4 Å². The SMILES string of the molecule is COc1ccc(OCc2ccc(C3C(C#N)=C(N)Oc4n[nH]c(C)c43)cc2OC)cc1. The Labute approximate surface area is 179 Å². The summed E-state index contributed by atoms with van der Waals surface area (Å²) < 4.78 is 22.2.